The summed E-state index contributed by atoms with van der Waals surface area (Å²) in [5, 5.41) is 0.638. The summed E-state index contributed by atoms with van der Waals surface area (Å²) in [5.41, 5.74) is 9.70. The molecule has 84 valence electrons. The molecule has 2 aromatic rings. The topological polar surface area (TPSA) is 38.9 Å². The summed E-state index contributed by atoms with van der Waals surface area (Å²) in [6.45, 7) is 4.35. The van der Waals surface area contributed by atoms with Gasteiger partial charge in [-0.2, -0.15) is 0 Å². The van der Waals surface area contributed by atoms with E-state index in [4.69, 9.17) is 5.73 Å². The molecule has 2 N–H and O–H groups in total. The smallest absolute Gasteiger partial charge is 0.180 e. The Morgan fingerprint density at radius 2 is 2.06 bits per heavy atom. The van der Waals surface area contributed by atoms with Crippen molar-refractivity contribution in [2.75, 3.05) is 5.73 Å². The van der Waals surface area contributed by atoms with E-state index >= 15 is 0 Å². The van der Waals surface area contributed by atoms with Gasteiger partial charge in [0, 0.05) is 6.20 Å². The molecule has 0 aliphatic carbocycles. The molecule has 0 spiro atoms. The first-order chi connectivity index (χ1) is 7.74. The fraction of sp³-hybridized carbons (Fsp3) is 0.308. The standard InChI is InChI=1S/C13H16N2S/c1-3-9-5-6-10(4-2)11(7-9)12-8-15-13(14)16-12/h5-8H,3-4H2,1-2H3,(H2,14,15). The number of nitrogen functional groups attached to an aromatic ring is 1. The number of hydrogen-bond acceptors (Lipinski definition) is 3. The maximum Gasteiger partial charge on any atom is 0.180 e. The molecule has 0 saturated heterocycles. The van der Waals surface area contributed by atoms with Gasteiger partial charge in [0.25, 0.3) is 0 Å². The number of nitrogens with two attached hydrogens (primary N) is 1. The van der Waals surface area contributed by atoms with E-state index in [-0.39, 0.29) is 0 Å². The Labute approximate surface area is 100 Å². The first kappa shape index (κ1) is 11.1. The molecule has 2 rings (SSSR count). The fourth-order valence-electron chi connectivity index (χ4n) is 1.79. The highest BCUT2D eigenvalue weighted by atomic mass is 32.1. The lowest BCUT2D eigenvalue weighted by molar-refractivity contribution is 1.10. The summed E-state index contributed by atoms with van der Waals surface area (Å²) in [6, 6.07) is 6.67. The number of nitrogens with zero attached hydrogens (tertiary/aromatic N) is 1. The molecule has 1 aromatic carbocycles. The van der Waals surface area contributed by atoms with Crippen molar-refractivity contribution in [3.05, 3.63) is 35.5 Å². The Morgan fingerprint density at radius 3 is 2.62 bits per heavy atom. The molecule has 0 fully saturated rings. The van der Waals surface area contributed by atoms with Crippen LogP contribution in [-0.4, -0.2) is 4.98 Å². The average molecular weight is 232 g/mol. The van der Waals surface area contributed by atoms with Crippen molar-refractivity contribution in [3.63, 3.8) is 0 Å². The van der Waals surface area contributed by atoms with Crippen LogP contribution < -0.4 is 5.73 Å². The molecular formula is C13H16N2S. The van der Waals surface area contributed by atoms with Crippen LogP contribution in [0.3, 0.4) is 0 Å². The molecule has 0 atom stereocenters. The molecule has 1 heterocycles. The minimum Gasteiger partial charge on any atom is -0.375 e. The number of anilines is 1. The van der Waals surface area contributed by atoms with Gasteiger partial charge < -0.3 is 5.73 Å². The molecule has 2 nitrogen and oxygen atoms in total. The van der Waals surface area contributed by atoms with Crippen LogP contribution in [-0.2, 0) is 12.8 Å². The monoisotopic (exact) mass is 232 g/mol. The molecule has 0 bridgehead atoms. The molecule has 0 unspecified atom stereocenters. The van der Waals surface area contributed by atoms with E-state index in [0.717, 1.165) is 12.8 Å². The highest BCUT2D eigenvalue weighted by Gasteiger charge is 2.07. The quantitative estimate of drug-likeness (QED) is 0.879. The van der Waals surface area contributed by atoms with Crippen LogP contribution in [0.1, 0.15) is 25.0 Å². The second-order valence-corrected chi connectivity index (χ2v) is 4.82. The predicted molar refractivity (Wildman–Crippen MR) is 70.7 cm³/mol. The van der Waals surface area contributed by atoms with E-state index in [1.165, 1.54) is 21.6 Å². The van der Waals surface area contributed by atoms with Gasteiger partial charge >= 0.3 is 0 Å². The van der Waals surface area contributed by atoms with Crippen LogP contribution in [0.2, 0.25) is 0 Å². The lowest BCUT2D eigenvalue weighted by atomic mass is 10.00. The van der Waals surface area contributed by atoms with Gasteiger partial charge in [0.1, 0.15) is 0 Å². The highest BCUT2D eigenvalue weighted by molar-refractivity contribution is 7.18. The van der Waals surface area contributed by atoms with Crippen LogP contribution in [0, 0.1) is 0 Å². The van der Waals surface area contributed by atoms with Crippen molar-refractivity contribution >= 4 is 16.5 Å². The molecule has 0 saturated carbocycles. The Bertz CT molecular complexity index is 488. The number of rotatable bonds is 3. The van der Waals surface area contributed by atoms with Gasteiger partial charge in [-0.05, 0) is 29.5 Å². The predicted octanol–water partition coefficient (Wildman–Crippen LogP) is 3.52. The number of benzene rings is 1. The fourth-order valence-corrected chi connectivity index (χ4v) is 2.53. The maximum absolute atomic E-state index is 5.69. The number of aromatic nitrogens is 1. The molecule has 0 aliphatic rings. The summed E-state index contributed by atoms with van der Waals surface area (Å²) in [7, 11) is 0. The van der Waals surface area contributed by atoms with Crippen molar-refractivity contribution in [2.45, 2.75) is 26.7 Å². The van der Waals surface area contributed by atoms with Crippen LogP contribution in [0.4, 0.5) is 5.13 Å². The van der Waals surface area contributed by atoms with Crippen LogP contribution in [0.5, 0.6) is 0 Å². The zero-order valence-electron chi connectivity index (χ0n) is 9.66. The average Bonchev–Trinajstić information content (AvgIpc) is 2.75. The first-order valence-corrected chi connectivity index (χ1v) is 6.39. The Hall–Kier alpha value is -1.35. The number of hydrogen-bond donors (Lipinski definition) is 1. The third-order valence-electron chi connectivity index (χ3n) is 2.75. The molecule has 1 aromatic heterocycles. The number of thiazole rings is 1. The van der Waals surface area contributed by atoms with Crippen molar-refractivity contribution in [2.24, 2.45) is 0 Å². The summed E-state index contributed by atoms with van der Waals surface area (Å²) in [5.74, 6) is 0. The lowest BCUT2D eigenvalue weighted by Gasteiger charge is -2.07. The van der Waals surface area contributed by atoms with Crippen LogP contribution in [0.15, 0.2) is 24.4 Å². The first-order valence-electron chi connectivity index (χ1n) is 5.58. The SMILES string of the molecule is CCc1ccc(CC)c(-c2cnc(N)s2)c1. The highest BCUT2D eigenvalue weighted by Crippen LogP contribution is 2.31. The second-order valence-electron chi connectivity index (χ2n) is 3.76. The van der Waals surface area contributed by atoms with E-state index in [2.05, 4.69) is 37.0 Å². The van der Waals surface area contributed by atoms with Crippen molar-refractivity contribution in [1.82, 2.24) is 4.98 Å². The third kappa shape index (κ3) is 2.09. The van der Waals surface area contributed by atoms with Gasteiger partial charge in [0.05, 0.1) is 4.88 Å². The van der Waals surface area contributed by atoms with Gasteiger partial charge in [0.2, 0.25) is 0 Å². The minimum atomic E-state index is 0.638. The molecule has 0 radical (unpaired) electrons. The molecular weight excluding hydrogens is 216 g/mol. The van der Waals surface area contributed by atoms with Gasteiger partial charge in [-0.3, -0.25) is 0 Å². The van der Waals surface area contributed by atoms with Crippen LogP contribution in [0.25, 0.3) is 10.4 Å². The normalized spacial score (nSPS) is 10.6. The zero-order chi connectivity index (χ0) is 11.5. The maximum atomic E-state index is 5.69. The summed E-state index contributed by atoms with van der Waals surface area (Å²) < 4.78 is 0. The van der Waals surface area contributed by atoms with Crippen molar-refractivity contribution in [3.8, 4) is 10.4 Å². The molecule has 16 heavy (non-hydrogen) atoms. The van der Waals surface area contributed by atoms with Gasteiger partial charge in [-0.15, -0.1) is 0 Å². The van der Waals surface area contributed by atoms with E-state index in [1.54, 1.807) is 11.3 Å². The Balaban J connectivity index is 2.52. The van der Waals surface area contributed by atoms with E-state index in [0.29, 0.717) is 5.13 Å². The van der Waals surface area contributed by atoms with Gasteiger partial charge in [-0.1, -0.05) is 43.4 Å². The molecule has 0 aliphatic heterocycles. The van der Waals surface area contributed by atoms with Crippen molar-refractivity contribution < 1.29 is 0 Å². The van der Waals surface area contributed by atoms with E-state index in [9.17, 15) is 0 Å². The molecule has 3 heteroatoms. The Morgan fingerprint density at radius 1 is 1.25 bits per heavy atom. The Kier molecular flexibility index (Phi) is 3.25. The third-order valence-corrected chi connectivity index (χ3v) is 3.61. The number of aryl methyl sites for hydroxylation is 2. The van der Waals surface area contributed by atoms with Crippen LogP contribution >= 0.6 is 11.3 Å². The minimum absolute atomic E-state index is 0.638. The van der Waals surface area contributed by atoms with E-state index in [1.807, 2.05) is 6.20 Å². The largest absolute Gasteiger partial charge is 0.375 e. The lowest BCUT2D eigenvalue weighted by Crippen LogP contribution is -1.89. The zero-order valence-corrected chi connectivity index (χ0v) is 10.5. The van der Waals surface area contributed by atoms with Crippen molar-refractivity contribution in [1.29, 1.82) is 0 Å². The van der Waals surface area contributed by atoms with E-state index < -0.39 is 0 Å². The van der Waals surface area contributed by atoms with Gasteiger partial charge in [-0.25, -0.2) is 4.98 Å². The second kappa shape index (κ2) is 4.66. The van der Waals surface area contributed by atoms with Gasteiger partial charge in [0.15, 0.2) is 5.13 Å². The summed E-state index contributed by atoms with van der Waals surface area (Å²) in [6.07, 6.45) is 3.97. The summed E-state index contributed by atoms with van der Waals surface area (Å²) >= 11 is 1.56. The molecule has 0 amide bonds. The summed E-state index contributed by atoms with van der Waals surface area (Å²) in [4.78, 5) is 5.29.